The van der Waals surface area contributed by atoms with Gasteiger partial charge in [-0.15, -0.1) is 0 Å². The van der Waals surface area contributed by atoms with Crippen molar-refractivity contribution in [1.29, 1.82) is 0 Å². The second-order valence-corrected chi connectivity index (χ2v) is 5.47. The second kappa shape index (κ2) is 7.07. The van der Waals surface area contributed by atoms with Gasteiger partial charge in [0.25, 0.3) is 0 Å². The first-order valence-corrected chi connectivity index (χ1v) is 7.44. The largest absolute Gasteiger partial charge is 0.437 e. The number of nitrogens with zero attached hydrogens (tertiary/aromatic N) is 2. The molecular formula is C17H23N3O. The van der Waals surface area contributed by atoms with E-state index in [2.05, 4.69) is 55.1 Å². The molecule has 21 heavy (non-hydrogen) atoms. The summed E-state index contributed by atoms with van der Waals surface area (Å²) in [6.07, 6.45) is 4.40. The first-order valence-electron chi connectivity index (χ1n) is 7.44. The summed E-state index contributed by atoms with van der Waals surface area (Å²) < 4.78 is 5.96. The van der Waals surface area contributed by atoms with Crippen LogP contribution >= 0.6 is 0 Å². The van der Waals surface area contributed by atoms with Crippen molar-refractivity contribution in [2.24, 2.45) is 0 Å². The Labute approximate surface area is 126 Å². The van der Waals surface area contributed by atoms with Crippen molar-refractivity contribution in [3.63, 3.8) is 0 Å². The molecule has 0 saturated carbocycles. The Hall–Kier alpha value is -2.10. The number of aromatic nitrogens is 2. The first kappa shape index (κ1) is 15.3. The van der Waals surface area contributed by atoms with Crippen LogP contribution in [0.4, 0.5) is 5.82 Å². The Balaban J connectivity index is 2.23. The van der Waals surface area contributed by atoms with Gasteiger partial charge in [-0.2, -0.15) is 4.98 Å². The predicted octanol–water partition coefficient (Wildman–Crippen LogP) is 4.52. The average molecular weight is 285 g/mol. The van der Waals surface area contributed by atoms with Gasteiger partial charge in [-0.1, -0.05) is 32.9 Å². The van der Waals surface area contributed by atoms with Gasteiger partial charge in [-0.25, -0.2) is 0 Å². The van der Waals surface area contributed by atoms with E-state index in [1.807, 2.05) is 6.07 Å². The molecule has 0 spiro atoms. The van der Waals surface area contributed by atoms with E-state index < -0.39 is 0 Å². The highest BCUT2D eigenvalue weighted by molar-refractivity contribution is 5.42. The van der Waals surface area contributed by atoms with Crippen molar-refractivity contribution in [2.75, 3.05) is 11.9 Å². The summed E-state index contributed by atoms with van der Waals surface area (Å²) >= 11 is 0. The molecule has 0 bridgehead atoms. The summed E-state index contributed by atoms with van der Waals surface area (Å²) in [6.45, 7) is 9.36. The van der Waals surface area contributed by atoms with Crippen LogP contribution in [-0.2, 0) is 0 Å². The molecular weight excluding hydrogens is 262 g/mol. The number of ether oxygens (including phenoxy) is 1. The van der Waals surface area contributed by atoms with Crippen LogP contribution in [-0.4, -0.2) is 16.5 Å². The van der Waals surface area contributed by atoms with Gasteiger partial charge in [-0.05, 0) is 36.5 Å². The summed E-state index contributed by atoms with van der Waals surface area (Å²) in [4.78, 5) is 8.62. The maximum Gasteiger partial charge on any atom is 0.239 e. The third-order valence-corrected chi connectivity index (χ3v) is 3.17. The van der Waals surface area contributed by atoms with Crippen molar-refractivity contribution in [3.8, 4) is 11.6 Å². The van der Waals surface area contributed by atoms with Gasteiger partial charge < -0.3 is 10.1 Å². The molecule has 4 heteroatoms. The van der Waals surface area contributed by atoms with Gasteiger partial charge in [0.05, 0.1) is 12.4 Å². The third kappa shape index (κ3) is 4.18. The first-order chi connectivity index (χ1) is 10.1. The number of hydrogen-bond donors (Lipinski definition) is 1. The molecule has 1 aromatic carbocycles. The molecule has 4 nitrogen and oxygen atoms in total. The maximum absolute atomic E-state index is 5.96. The van der Waals surface area contributed by atoms with E-state index in [9.17, 15) is 0 Å². The lowest BCUT2D eigenvalue weighted by atomic mass is 10.0. The van der Waals surface area contributed by atoms with Gasteiger partial charge in [0.2, 0.25) is 5.88 Å². The Morgan fingerprint density at radius 3 is 2.76 bits per heavy atom. The third-order valence-electron chi connectivity index (χ3n) is 3.17. The zero-order valence-electron chi connectivity index (χ0n) is 13.2. The van der Waals surface area contributed by atoms with Crippen LogP contribution in [0.3, 0.4) is 0 Å². The van der Waals surface area contributed by atoms with Gasteiger partial charge in [0.15, 0.2) is 0 Å². The molecule has 0 radical (unpaired) electrons. The molecule has 0 atom stereocenters. The fraction of sp³-hybridized carbons (Fsp3) is 0.412. The number of anilines is 1. The highest BCUT2D eigenvalue weighted by Crippen LogP contribution is 2.30. The van der Waals surface area contributed by atoms with Gasteiger partial charge >= 0.3 is 0 Å². The quantitative estimate of drug-likeness (QED) is 0.847. The predicted molar refractivity (Wildman–Crippen MR) is 86.2 cm³/mol. The highest BCUT2D eigenvalue weighted by Gasteiger charge is 2.10. The zero-order chi connectivity index (χ0) is 15.2. The van der Waals surface area contributed by atoms with Crippen LogP contribution in [0.25, 0.3) is 0 Å². The van der Waals surface area contributed by atoms with E-state index in [0.717, 1.165) is 24.5 Å². The standard InChI is InChI=1S/C17H23N3O/c1-5-8-19-16-10-18-11-17(20-16)21-15-9-13(4)6-7-14(15)12(2)3/h6-7,9-12H,5,8H2,1-4H3,(H,19,20). The average Bonchev–Trinajstić information content (AvgIpc) is 2.45. The fourth-order valence-corrected chi connectivity index (χ4v) is 2.06. The Kier molecular flexibility index (Phi) is 5.14. The number of nitrogens with one attached hydrogen (secondary N) is 1. The number of hydrogen-bond acceptors (Lipinski definition) is 4. The molecule has 0 saturated heterocycles. The summed E-state index contributed by atoms with van der Waals surface area (Å²) in [5.41, 5.74) is 2.34. The second-order valence-electron chi connectivity index (χ2n) is 5.47. The van der Waals surface area contributed by atoms with Gasteiger partial charge in [0.1, 0.15) is 11.6 Å². The van der Waals surface area contributed by atoms with Crippen molar-refractivity contribution >= 4 is 5.82 Å². The molecule has 0 amide bonds. The molecule has 0 fully saturated rings. The minimum atomic E-state index is 0.398. The number of rotatable bonds is 6. The van der Waals surface area contributed by atoms with E-state index >= 15 is 0 Å². The summed E-state index contributed by atoms with van der Waals surface area (Å²) in [6, 6.07) is 6.26. The Morgan fingerprint density at radius 1 is 1.24 bits per heavy atom. The molecule has 0 aliphatic carbocycles. The van der Waals surface area contributed by atoms with Crippen LogP contribution in [0.5, 0.6) is 11.6 Å². The Morgan fingerprint density at radius 2 is 2.05 bits per heavy atom. The van der Waals surface area contributed by atoms with Crippen LogP contribution < -0.4 is 10.1 Å². The van der Waals surface area contributed by atoms with Gasteiger partial charge in [-0.3, -0.25) is 4.98 Å². The molecule has 1 N–H and O–H groups in total. The molecule has 0 aliphatic heterocycles. The lowest BCUT2D eigenvalue weighted by Crippen LogP contribution is -2.03. The van der Waals surface area contributed by atoms with Crippen LogP contribution in [0.2, 0.25) is 0 Å². The highest BCUT2D eigenvalue weighted by atomic mass is 16.5. The van der Waals surface area contributed by atoms with Crippen LogP contribution in [0.15, 0.2) is 30.6 Å². The van der Waals surface area contributed by atoms with Crippen LogP contribution in [0.1, 0.15) is 44.2 Å². The molecule has 0 unspecified atom stereocenters. The summed E-state index contributed by atoms with van der Waals surface area (Å²) in [5, 5.41) is 3.22. The van der Waals surface area contributed by atoms with Crippen molar-refractivity contribution in [1.82, 2.24) is 9.97 Å². The maximum atomic E-state index is 5.96. The van der Waals surface area contributed by atoms with Gasteiger partial charge in [0, 0.05) is 6.54 Å². The minimum absolute atomic E-state index is 0.398. The number of benzene rings is 1. The minimum Gasteiger partial charge on any atom is -0.437 e. The molecule has 1 heterocycles. The van der Waals surface area contributed by atoms with E-state index in [4.69, 9.17) is 4.74 Å². The monoisotopic (exact) mass is 285 g/mol. The van der Waals surface area contributed by atoms with Crippen LogP contribution in [0, 0.1) is 6.92 Å². The summed E-state index contributed by atoms with van der Waals surface area (Å²) in [5.74, 6) is 2.51. The molecule has 1 aromatic heterocycles. The topological polar surface area (TPSA) is 47.0 Å². The molecule has 2 aromatic rings. The molecule has 2 rings (SSSR count). The van der Waals surface area contributed by atoms with Crippen molar-refractivity contribution in [2.45, 2.75) is 40.0 Å². The fourth-order valence-electron chi connectivity index (χ4n) is 2.06. The Bertz CT molecular complexity index is 596. The zero-order valence-corrected chi connectivity index (χ0v) is 13.2. The smallest absolute Gasteiger partial charge is 0.239 e. The normalized spacial score (nSPS) is 10.7. The lowest BCUT2D eigenvalue weighted by molar-refractivity contribution is 0.452. The van der Waals surface area contributed by atoms with E-state index in [-0.39, 0.29) is 0 Å². The lowest BCUT2D eigenvalue weighted by Gasteiger charge is -2.14. The number of aryl methyl sites for hydroxylation is 1. The SMILES string of the molecule is CCCNc1cncc(Oc2cc(C)ccc2C(C)C)n1. The van der Waals surface area contributed by atoms with Crippen molar-refractivity contribution < 1.29 is 4.74 Å². The van der Waals surface area contributed by atoms with E-state index in [1.54, 1.807) is 12.4 Å². The summed E-state index contributed by atoms with van der Waals surface area (Å²) in [7, 11) is 0. The van der Waals surface area contributed by atoms with E-state index in [0.29, 0.717) is 11.8 Å². The molecule has 0 aliphatic rings. The van der Waals surface area contributed by atoms with Crippen molar-refractivity contribution in [3.05, 3.63) is 41.7 Å². The van der Waals surface area contributed by atoms with E-state index in [1.165, 1.54) is 11.1 Å². The molecule has 112 valence electrons.